The van der Waals surface area contributed by atoms with Gasteiger partial charge in [0.15, 0.2) is 0 Å². The molecule has 0 radical (unpaired) electrons. The van der Waals surface area contributed by atoms with Crippen LogP contribution in [0.5, 0.6) is 0 Å². The third-order valence-corrected chi connectivity index (χ3v) is 21.4. The Hall–Kier alpha value is -5.46. The average molecular weight is 869 g/mol. The maximum absolute atomic E-state index is 2.68. The molecule has 332 valence electrons. The van der Waals surface area contributed by atoms with E-state index in [9.17, 15) is 0 Å². The van der Waals surface area contributed by atoms with E-state index in [1.54, 1.807) is 70.6 Å². The van der Waals surface area contributed by atoms with Crippen LogP contribution in [-0.4, -0.2) is 0 Å². The predicted molar refractivity (Wildman–Crippen MR) is 297 cm³/mol. The van der Waals surface area contributed by atoms with Crippen molar-refractivity contribution in [2.24, 2.45) is 0 Å². The average Bonchev–Trinajstić information content (AvgIpc) is 3.25. The summed E-state index contributed by atoms with van der Waals surface area (Å²) in [6.45, 7) is 50.3. The van der Waals surface area contributed by atoms with Gasteiger partial charge in [0.05, 0.1) is 0 Å². The lowest BCUT2D eigenvalue weighted by atomic mass is 9.50. The van der Waals surface area contributed by atoms with E-state index < -0.39 is 0 Å². The molecule has 13 aromatic rings. The van der Waals surface area contributed by atoms with Crippen LogP contribution in [0.15, 0.2) is 0 Å². The van der Waals surface area contributed by atoms with Crippen LogP contribution in [-0.2, 0) is 16.2 Å². The standard InChI is InChI=1S/C67H64/c1-23-25(3)38-37(15)39-26(4)24(2)28(6)41-43-30(8)32(10)45-47-34(12)36(14)63-61-55(47)59-54-46(33(11)35(13)62-60(54)64(61)67(20,21-65(62,16)17)22-66(63,18)19)44-31(9)29(7)42-40(27(23)5)48(38)56(49(39)41)57-50(42)52(44)58(59)53(45)51(43)57/h21-22H2,1-20H3. The molecule has 0 bridgehead atoms. The molecule has 0 N–H and O–H groups in total. The molecule has 15 rings (SSSR count). The molecule has 0 saturated carbocycles. The zero-order valence-corrected chi connectivity index (χ0v) is 43.9. The zero-order valence-electron chi connectivity index (χ0n) is 43.9. The van der Waals surface area contributed by atoms with E-state index in [-0.39, 0.29) is 16.2 Å². The highest BCUT2D eigenvalue weighted by atomic mass is 14.5. The van der Waals surface area contributed by atoms with E-state index in [1.165, 1.54) is 172 Å². The fourth-order valence-electron chi connectivity index (χ4n) is 18.7. The first-order chi connectivity index (χ1) is 31.4. The number of hydrogen-bond donors (Lipinski definition) is 0. The number of aryl methyl sites for hydroxylation is 11. The highest BCUT2D eigenvalue weighted by Gasteiger charge is 2.52. The third-order valence-electron chi connectivity index (χ3n) is 21.4. The third kappa shape index (κ3) is 3.59. The van der Waals surface area contributed by atoms with Crippen molar-refractivity contribution in [2.45, 2.75) is 168 Å². The van der Waals surface area contributed by atoms with Gasteiger partial charge in [-0.25, -0.2) is 0 Å². The van der Waals surface area contributed by atoms with Crippen LogP contribution in [0.2, 0.25) is 0 Å². The molecule has 0 heteroatoms. The second kappa shape index (κ2) is 10.9. The Morgan fingerprint density at radius 2 is 0.373 bits per heavy atom. The van der Waals surface area contributed by atoms with Gasteiger partial charge in [0.1, 0.15) is 0 Å². The number of rotatable bonds is 0. The molecule has 0 unspecified atom stereocenters. The van der Waals surface area contributed by atoms with Crippen molar-refractivity contribution in [2.75, 3.05) is 0 Å². The van der Waals surface area contributed by atoms with Crippen LogP contribution in [0.4, 0.5) is 0 Å². The smallest absolute Gasteiger partial charge is 0.0000269 e. The summed E-state index contributed by atoms with van der Waals surface area (Å²) in [5, 5.41) is 37.0. The SMILES string of the molecule is Cc1c(C)c2c(C)c3c(C)c(C)c(C)c4c5c(C)c(C)c6c7c(C)c(C)c8c9c%10c%11c(c(C)c(C)c%12c%13c(C)c(C)c%14c(c1C)c2c(c34)c1c%14c%13c(c6c51)c(c%11%12)c97)C(C)(C)CC%10(C)CC8(C)C. The van der Waals surface area contributed by atoms with E-state index in [1.807, 2.05) is 0 Å². The lowest BCUT2D eigenvalue weighted by molar-refractivity contribution is 0.245. The minimum absolute atomic E-state index is 0.0288. The fourth-order valence-corrected chi connectivity index (χ4v) is 18.7. The van der Waals surface area contributed by atoms with Gasteiger partial charge in [-0.15, -0.1) is 0 Å². The highest BCUT2D eigenvalue weighted by molar-refractivity contribution is 6.60. The molecule has 2 aliphatic carbocycles. The van der Waals surface area contributed by atoms with E-state index in [0.717, 1.165) is 0 Å². The van der Waals surface area contributed by atoms with Gasteiger partial charge in [0.25, 0.3) is 0 Å². The quantitative estimate of drug-likeness (QED) is 0.105. The molecule has 0 spiro atoms. The Kier molecular flexibility index (Phi) is 6.41. The molecule has 0 heterocycles. The first-order valence-corrected chi connectivity index (χ1v) is 25.7. The van der Waals surface area contributed by atoms with Gasteiger partial charge in [-0.3, -0.25) is 0 Å². The normalized spacial score (nSPS) is 17.2. The molecular formula is C67H64. The Morgan fingerprint density at radius 1 is 0.179 bits per heavy atom. The summed E-state index contributed by atoms with van der Waals surface area (Å²) in [4.78, 5) is 0. The number of fused-ring (bicyclic) bond motifs is 4. The molecule has 0 nitrogen and oxygen atoms in total. The first kappa shape index (κ1) is 39.5. The summed E-state index contributed by atoms with van der Waals surface area (Å²) < 4.78 is 0. The van der Waals surface area contributed by atoms with Gasteiger partial charge in [0, 0.05) is 0 Å². The van der Waals surface area contributed by atoms with Crippen LogP contribution in [0.25, 0.3) is 129 Å². The topological polar surface area (TPSA) is 0 Å². The summed E-state index contributed by atoms with van der Waals surface area (Å²) in [7, 11) is 0. The molecular weight excluding hydrogens is 805 g/mol. The van der Waals surface area contributed by atoms with E-state index >= 15 is 0 Å². The van der Waals surface area contributed by atoms with Gasteiger partial charge in [-0.05, 0) is 362 Å². The first-order valence-electron chi connectivity index (χ1n) is 25.7. The van der Waals surface area contributed by atoms with Crippen LogP contribution in [0.1, 0.15) is 148 Å². The fraction of sp³-hybridized carbons (Fsp3) is 0.373. The van der Waals surface area contributed by atoms with Crippen molar-refractivity contribution in [3.05, 3.63) is 100 Å². The van der Waals surface area contributed by atoms with Crippen molar-refractivity contribution >= 4 is 129 Å². The minimum atomic E-state index is 0.0288. The maximum atomic E-state index is 2.68. The second-order valence-corrected chi connectivity index (χ2v) is 25.2. The van der Waals surface area contributed by atoms with Crippen molar-refractivity contribution in [1.29, 1.82) is 0 Å². The van der Waals surface area contributed by atoms with Crippen molar-refractivity contribution in [1.82, 2.24) is 0 Å². The molecule has 13 aromatic carbocycles. The van der Waals surface area contributed by atoms with Crippen molar-refractivity contribution in [3.63, 3.8) is 0 Å². The second-order valence-electron chi connectivity index (χ2n) is 25.2. The van der Waals surface area contributed by atoms with Crippen LogP contribution in [0.3, 0.4) is 0 Å². The Balaban J connectivity index is 1.47. The van der Waals surface area contributed by atoms with Crippen LogP contribution < -0.4 is 0 Å². The van der Waals surface area contributed by atoms with Crippen molar-refractivity contribution < 1.29 is 0 Å². The van der Waals surface area contributed by atoms with E-state index in [2.05, 4.69) is 138 Å². The van der Waals surface area contributed by atoms with Gasteiger partial charge in [-0.2, -0.15) is 0 Å². The summed E-state index contributed by atoms with van der Waals surface area (Å²) >= 11 is 0. The largest absolute Gasteiger partial charge is 0.0557 e. The molecule has 0 aromatic heterocycles. The summed E-state index contributed by atoms with van der Waals surface area (Å²) in [6.07, 6.45) is 2.35. The molecule has 0 fully saturated rings. The Bertz CT molecular complexity index is 4350. The molecule has 0 aliphatic heterocycles. The van der Waals surface area contributed by atoms with Gasteiger partial charge < -0.3 is 0 Å². The number of hydrogen-bond acceptors (Lipinski definition) is 0. The molecule has 0 saturated heterocycles. The van der Waals surface area contributed by atoms with Crippen molar-refractivity contribution in [3.8, 4) is 0 Å². The summed E-state index contributed by atoms with van der Waals surface area (Å²) in [5.74, 6) is 0. The predicted octanol–water partition coefficient (Wildman–Crippen LogP) is 19.4. The molecule has 0 atom stereocenters. The van der Waals surface area contributed by atoms with E-state index in [0.29, 0.717) is 0 Å². The lowest BCUT2D eigenvalue weighted by Gasteiger charge is -2.53. The maximum Gasteiger partial charge on any atom is -0.0000269 e. The summed E-state index contributed by atoms with van der Waals surface area (Å²) in [6, 6.07) is 0. The summed E-state index contributed by atoms with van der Waals surface area (Å²) in [5.41, 5.74) is 27.2. The zero-order chi connectivity index (χ0) is 47.2. The lowest BCUT2D eigenvalue weighted by Crippen LogP contribution is -2.44. The van der Waals surface area contributed by atoms with Gasteiger partial charge in [0.2, 0.25) is 0 Å². The number of benzene rings is 13. The molecule has 67 heavy (non-hydrogen) atoms. The van der Waals surface area contributed by atoms with Crippen LogP contribution >= 0.6 is 0 Å². The monoisotopic (exact) mass is 869 g/mol. The molecule has 2 aliphatic rings. The highest BCUT2D eigenvalue weighted by Crippen LogP contribution is 2.68. The molecule has 0 amide bonds. The minimum Gasteiger partial charge on any atom is -0.0557 e. The van der Waals surface area contributed by atoms with E-state index in [4.69, 9.17) is 0 Å². The van der Waals surface area contributed by atoms with Gasteiger partial charge in [-0.1, -0.05) is 34.6 Å². The van der Waals surface area contributed by atoms with Crippen LogP contribution in [0, 0.1) is 104 Å². The van der Waals surface area contributed by atoms with Gasteiger partial charge >= 0.3 is 0 Å². The Labute approximate surface area is 395 Å². The Morgan fingerprint density at radius 3 is 0.657 bits per heavy atom.